The van der Waals surface area contributed by atoms with E-state index in [1.54, 1.807) is 0 Å². The van der Waals surface area contributed by atoms with Gasteiger partial charge >= 0.3 is 0 Å². The molecular weight excluding hydrogens is 290 g/mol. The van der Waals surface area contributed by atoms with Crippen LogP contribution in [0.4, 0.5) is 0 Å². The normalized spacial score (nSPS) is 17.4. The number of amidine groups is 1. The van der Waals surface area contributed by atoms with Gasteiger partial charge in [0.05, 0.1) is 6.61 Å². The molecule has 112 valence electrons. The number of carbonyl (C=O) groups excluding carboxylic acids is 2. The van der Waals surface area contributed by atoms with Gasteiger partial charge in [-0.15, -0.1) is 5.10 Å². The fourth-order valence-corrected chi connectivity index (χ4v) is 3.01. The zero-order valence-electron chi connectivity index (χ0n) is 12.1. The van der Waals surface area contributed by atoms with E-state index in [2.05, 4.69) is 10.4 Å². The number of benzene rings is 1. The topological polar surface area (TPSA) is 71.0 Å². The Morgan fingerprint density at radius 1 is 1.33 bits per heavy atom. The first-order valence-electron chi connectivity index (χ1n) is 6.56. The number of ether oxygens (including phenoxy) is 1. The number of hydrogen-bond acceptors (Lipinski definition) is 5. The van der Waals surface area contributed by atoms with Crippen LogP contribution in [-0.4, -0.2) is 28.6 Å². The molecule has 0 bridgehead atoms. The average Bonchev–Trinajstić information content (AvgIpc) is 2.83. The Bertz CT molecular complexity index is 571. The predicted octanol–water partition coefficient (Wildman–Crippen LogP) is 2.09. The Morgan fingerprint density at radius 2 is 2.00 bits per heavy atom. The molecule has 0 saturated heterocycles. The molecule has 6 nitrogen and oxygen atoms in total. The molecule has 0 saturated carbocycles. The summed E-state index contributed by atoms with van der Waals surface area (Å²) in [6.45, 7) is 5.38. The summed E-state index contributed by atoms with van der Waals surface area (Å²) in [6.07, 6.45) is 0. The quantitative estimate of drug-likeness (QED) is 0.928. The summed E-state index contributed by atoms with van der Waals surface area (Å²) in [6, 6.07) is 7.50. The third-order valence-electron chi connectivity index (χ3n) is 2.73. The molecule has 0 fully saturated rings. The van der Waals surface area contributed by atoms with Gasteiger partial charge in [0.1, 0.15) is 11.1 Å². The lowest BCUT2D eigenvalue weighted by Gasteiger charge is -2.19. The molecule has 0 aromatic heterocycles. The van der Waals surface area contributed by atoms with Crippen molar-refractivity contribution in [1.82, 2.24) is 10.3 Å². The van der Waals surface area contributed by atoms with Gasteiger partial charge in [0.15, 0.2) is 5.17 Å². The zero-order valence-corrected chi connectivity index (χ0v) is 12.9. The molecular formula is C14H17N3O3S. The van der Waals surface area contributed by atoms with Crippen molar-refractivity contribution in [2.75, 3.05) is 6.61 Å². The number of nitrogens with zero attached hydrogens (tertiary/aromatic N) is 2. The first-order chi connectivity index (χ1) is 10.0. The van der Waals surface area contributed by atoms with E-state index in [0.717, 1.165) is 11.3 Å². The number of thioether (sulfide) groups is 1. The van der Waals surface area contributed by atoms with E-state index in [9.17, 15) is 9.59 Å². The van der Waals surface area contributed by atoms with Gasteiger partial charge in [-0.3, -0.25) is 9.59 Å². The van der Waals surface area contributed by atoms with Crippen LogP contribution in [0.1, 0.15) is 31.7 Å². The van der Waals surface area contributed by atoms with Crippen LogP contribution in [-0.2, 0) is 9.59 Å². The maximum absolute atomic E-state index is 11.7. The lowest BCUT2D eigenvalue weighted by Crippen LogP contribution is -2.25. The third kappa shape index (κ3) is 3.75. The summed E-state index contributed by atoms with van der Waals surface area (Å²) < 4.78 is 5.40. The van der Waals surface area contributed by atoms with E-state index in [0.29, 0.717) is 11.8 Å². The van der Waals surface area contributed by atoms with E-state index in [-0.39, 0.29) is 17.2 Å². The van der Waals surface area contributed by atoms with Gasteiger partial charge < -0.3 is 10.1 Å². The molecule has 7 heteroatoms. The van der Waals surface area contributed by atoms with Crippen LogP contribution in [0.15, 0.2) is 29.4 Å². The molecule has 1 unspecified atom stereocenters. The van der Waals surface area contributed by atoms with Gasteiger partial charge in [0, 0.05) is 13.8 Å². The fourth-order valence-electron chi connectivity index (χ4n) is 1.87. The molecule has 2 rings (SSSR count). The first kappa shape index (κ1) is 15.4. The van der Waals surface area contributed by atoms with Gasteiger partial charge in [-0.05, 0) is 24.6 Å². The van der Waals surface area contributed by atoms with E-state index in [4.69, 9.17) is 4.74 Å². The molecule has 1 aromatic rings. The second-order valence-electron chi connectivity index (χ2n) is 4.42. The standard InChI is InChI=1S/C14H17N3O3S/c1-4-20-12-7-5-11(6-8-12)13-17(10(3)19)16-14(21-13)15-9(2)18/h5-8,13H,4H2,1-3H3,(H,15,16,18). The highest BCUT2D eigenvalue weighted by Gasteiger charge is 2.32. The molecule has 21 heavy (non-hydrogen) atoms. The summed E-state index contributed by atoms with van der Waals surface area (Å²) in [5.41, 5.74) is 0.919. The van der Waals surface area contributed by atoms with E-state index >= 15 is 0 Å². The van der Waals surface area contributed by atoms with Crippen molar-refractivity contribution in [2.45, 2.75) is 26.1 Å². The minimum atomic E-state index is -0.278. The van der Waals surface area contributed by atoms with Crippen LogP contribution in [0, 0.1) is 0 Å². The van der Waals surface area contributed by atoms with Crippen LogP contribution in [0.5, 0.6) is 5.75 Å². The smallest absolute Gasteiger partial charge is 0.241 e. The minimum Gasteiger partial charge on any atom is -0.494 e. The van der Waals surface area contributed by atoms with Gasteiger partial charge in [0.25, 0.3) is 0 Å². The van der Waals surface area contributed by atoms with Crippen molar-refractivity contribution < 1.29 is 14.3 Å². The highest BCUT2D eigenvalue weighted by atomic mass is 32.2. The number of carbonyl (C=O) groups is 2. The highest BCUT2D eigenvalue weighted by molar-refractivity contribution is 8.14. The number of hydrazone groups is 1. The number of nitrogens with one attached hydrogen (secondary N) is 1. The Hall–Kier alpha value is -2.02. The van der Waals surface area contributed by atoms with Crippen molar-refractivity contribution in [2.24, 2.45) is 5.10 Å². The van der Waals surface area contributed by atoms with Crippen LogP contribution in [0.2, 0.25) is 0 Å². The Kier molecular flexibility index (Phi) is 4.85. The molecule has 1 atom stereocenters. The van der Waals surface area contributed by atoms with Crippen LogP contribution in [0.3, 0.4) is 0 Å². The summed E-state index contributed by atoms with van der Waals surface area (Å²) >= 11 is 1.33. The van der Waals surface area contributed by atoms with E-state index < -0.39 is 0 Å². The number of hydrogen-bond donors (Lipinski definition) is 1. The molecule has 1 aliphatic rings. The zero-order chi connectivity index (χ0) is 15.4. The summed E-state index contributed by atoms with van der Waals surface area (Å²) in [4.78, 5) is 22.8. The number of amides is 2. The van der Waals surface area contributed by atoms with Crippen molar-refractivity contribution >= 4 is 28.7 Å². The summed E-state index contributed by atoms with van der Waals surface area (Å²) in [5.74, 6) is 0.389. The van der Waals surface area contributed by atoms with Gasteiger partial charge in [-0.25, -0.2) is 5.01 Å². The lowest BCUT2D eigenvalue weighted by molar-refractivity contribution is -0.129. The minimum absolute atomic E-state index is 0.179. The van der Waals surface area contributed by atoms with Crippen LogP contribution < -0.4 is 10.1 Å². The monoisotopic (exact) mass is 307 g/mol. The second kappa shape index (κ2) is 6.62. The summed E-state index contributed by atoms with van der Waals surface area (Å²) in [5, 5.41) is 8.27. The van der Waals surface area contributed by atoms with Gasteiger partial charge in [0.2, 0.25) is 11.8 Å². The molecule has 0 spiro atoms. The molecule has 1 aliphatic heterocycles. The lowest BCUT2D eigenvalue weighted by atomic mass is 10.2. The van der Waals surface area contributed by atoms with Crippen molar-refractivity contribution in [3.8, 4) is 5.75 Å². The molecule has 0 radical (unpaired) electrons. The second-order valence-corrected chi connectivity index (χ2v) is 5.49. The van der Waals surface area contributed by atoms with Crippen LogP contribution in [0.25, 0.3) is 0 Å². The fraction of sp³-hybridized carbons (Fsp3) is 0.357. The van der Waals surface area contributed by atoms with Crippen molar-refractivity contribution in [3.05, 3.63) is 29.8 Å². The molecule has 1 N–H and O–H groups in total. The Morgan fingerprint density at radius 3 is 2.52 bits per heavy atom. The van der Waals surface area contributed by atoms with Gasteiger partial charge in [-0.1, -0.05) is 23.9 Å². The van der Waals surface area contributed by atoms with Crippen molar-refractivity contribution in [3.63, 3.8) is 0 Å². The average molecular weight is 307 g/mol. The molecule has 1 aromatic carbocycles. The van der Waals surface area contributed by atoms with E-state index in [1.807, 2.05) is 31.2 Å². The SMILES string of the molecule is CCOc1ccc(C2SC(NC(C)=O)=NN2C(C)=O)cc1. The maximum atomic E-state index is 11.7. The largest absolute Gasteiger partial charge is 0.494 e. The summed E-state index contributed by atoms with van der Waals surface area (Å²) in [7, 11) is 0. The molecule has 0 aliphatic carbocycles. The van der Waals surface area contributed by atoms with E-state index in [1.165, 1.54) is 30.6 Å². The third-order valence-corrected chi connectivity index (χ3v) is 3.83. The van der Waals surface area contributed by atoms with Gasteiger partial charge in [-0.2, -0.15) is 0 Å². The predicted molar refractivity (Wildman–Crippen MR) is 81.7 cm³/mol. The Labute approximate surface area is 127 Å². The number of rotatable bonds is 3. The highest BCUT2D eigenvalue weighted by Crippen LogP contribution is 2.39. The Balaban J connectivity index is 2.18. The maximum Gasteiger partial charge on any atom is 0.241 e. The first-order valence-corrected chi connectivity index (χ1v) is 7.44. The molecule has 2 amide bonds. The molecule has 1 heterocycles. The van der Waals surface area contributed by atoms with Crippen LogP contribution >= 0.6 is 11.8 Å². The van der Waals surface area contributed by atoms with Crippen molar-refractivity contribution in [1.29, 1.82) is 0 Å².